The van der Waals surface area contributed by atoms with Gasteiger partial charge in [0.2, 0.25) is 0 Å². The summed E-state index contributed by atoms with van der Waals surface area (Å²) in [5.74, 6) is 0.966. The maximum Gasteiger partial charge on any atom is 0.167 e. The number of methoxy groups -OCH3 is 1. The molecule has 2 aromatic rings. The Hall–Kier alpha value is -2.09. The highest BCUT2D eigenvalue weighted by Crippen LogP contribution is 2.18. The molecule has 0 saturated heterocycles. The lowest BCUT2D eigenvalue weighted by atomic mass is 9.94. The third-order valence-corrected chi connectivity index (χ3v) is 3.76. The van der Waals surface area contributed by atoms with Gasteiger partial charge in [-0.1, -0.05) is 38.1 Å². The number of Topliss-reactive ketones (excluding diaryl/α,β-unsaturated/α-hetero) is 1. The van der Waals surface area contributed by atoms with Crippen LogP contribution in [0.4, 0.5) is 0 Å². The Morgan fingerprint density at radius 2 is 1.81 bits per heavy atom. The number of benzene rings is 2. The van der Waals surface area contributed by atoms with Crippen LogP contribution in [-0.4, -0.2) is 12.9 Å². The average molecular weight is 282 g/mol. The second-order valence-corrected chi connectivity index (χ2v) is 5.15. The number of hydrogen-bond acceptors (Lipinski definition) is 2. The van der Waals surface area contributed by atoms with Crippen LogP contribution in [-0.2, 0) is 19.3 Å². The molecule has 2 nitrogen and oxygen atoms in total. The highest BCUT2D eigenvalue weighted by molar-refractivity contribution is 5.99. The number of carbonyl (C=O) groups is 1. The fourth-order valence-corrected chi connectivity index (χ4v) is 2.47. The van der Waals surface area contributed by atoms with Crippen molar-refractivity contribution >= 4 is 5.78 Å². The second kappa shape index (κ2) is 7.07. The zero-order valence-corrected chi connectivity index (χ0v) is 13.0. The molecule has 0 amide bonds. The first-order valence-electron chi connectivity index (χ1n) is 7.45. The molecule has 21 heavy (non-hydrogen) atoms. The van der Waals surface area contributed by atoms with Crippen LogP contribution < -0.4 is 4.74 Å². The van der Waals surface area contributed by atoms with Crippen LogP contribution in [0.3, 0.4) is 0 Å². The topological polar surface area (TPSA) is 26.3 Å². The van der Waals surface area contributed by atoms with Gasteiger partial charge >= 0.3 is 0 Å². The molecule has 0 aliphatic heterocycles. The van der Waals surface area contributed by atoms with Crippen molar-refractivity contribution in [3.05, 3.63) is 64.7 Å². The van der Waals surface area contributed by atoms with Gasteiger partial charge in [0.05, 0.1) is 7.11 Å². The number of rotatable bonds is 6. The van der Waals surface area contributed by atoms with Gasteiger partial charge in [0, 0.05) is 12.0 Å². The predicted molar refractivity (Wildman–Crippen MR) is 86.2 cm³/mol. The van der Waals surface area contributed by atoms with Crippen molar-refractivity contribution in [1.29, 1.82) is 0 Å². The number of hydrogen-bond donors (Lipinski definition) is 0. The molecule has 0 aromatic heterocycles. The molecule has 0 spiro atoms. The van der Waals surface area contributed by atoms with Gasteiger partial charge in [0.1, 0.15) is 5.75 Å². The molecule has 0 aliphatic carbocycles. The van der Waals surface area contributed by atoms with E-state index < -0.39 is 0 Å². The van der Waals surface area contributed by atoms with Crippen LogP contribution in [0, 0.1) is 0 Å². The Morgan fingerprint density at radius 3 is 2.48 bits per heavy atom. The number of aryl methyl sites for hydroxylation is 2. The summed E-state index contributed by atoms with van der Waals surface area (Å²) >= 11 is 0. The fraction of sp³-hybridized carbons (Fsp3) is 0.316. The average Bonchev–Trinajstić information content (AvgIpc) is 2.54. The monoisotopic (exact) mass is 282 g/mol. The van der Waals surface area contributed by atoms with Gasteiger partial charge in [0.25, 0.3) is 0 Å². The van der Waals surface area contributed by atoms with Crippen molar-refractivity contribution in [2.75, 3.05) is 7.11 Å². The molecule has 0 bridgehead atoms. The highest BCUT2D eigenvalue weighted by Gasteiger charge is 2.12. The summed E-state index contributed by atoms with van der Waals surface area (Å²) in [6.07, 6.45) is 2.24. The van der Waals surface area contributed by atoms with E-state index in [-0.39, 0.29) is 5.78 Å². The predicted octanol–water partition coefficient (Wildman–Crippen LogP) is 4.25. The van der Waals surface area contributed by atoms with Crippen molar-refractivity contribution in [2.24, 2.45) is 0 Å². The summed E-state index contributed by atoms with van der Waals surface area (Å²) in [5, 5.41) is 0. The van der Waals surface area contributed by atoms with E-state index in [1.54, 1.807) is 7.11 Å². The Labute approximate surface area is 126 Å². The molecule has 0 heterocycles. The van der Waals surface area contributed by atoms with E-state index in [9.17, 15) is 4.79 Å². The SMILES string of the molecule is CCc1ccc(CC)c(C(=O)Cc2cccc(OC)c2)c1. The largest absolute Gasteiger partial charge is 0.497 e. The third kappa shape index (κ3) is 3.72. The quantitative estimate of drug-likeness (QED) is 0.741. The van der Waals surface area contributed by atoms with E-state index in [0.29, 0.717) is 6.42 Å². The molecule has 2 heteroatoms. The third-order valence-electron chi connectivity index (χ3n) is 3.76. The first-order valence-corrected chi connectivity index (χ1v) is 7.45. The van der Waals surface area contributed by atoms with E-state index >= 15 is 0 Å². The van der Waals surface area contributed by atoms with Crippen LogP contribution in [0.1, 0.15) is 40.9 Å². The minimum absolute atomic E-state index is 0.176. The minimum atomic E-state index is 0.176. The maximum absolute atomic E-state index is 12.6. The molecule has 0 fully saturated rings. The van der Waals surface area contributed by atoms with Crippen LogP contribution in [0.15, 0.2) is 42.5 Å². The second-order valence-electron chi connectivity index (χ2n) is 5.15. The molecular weight excluding hydrogens is 260 g/mol. The summed E-state index contributed by atoms with van der Waals surface area (Å²) in [6, 6.07) is 13.9. The van der Waals surface area contributed by atoms with E-state index in [1.165, 1.54) is 5.56 Å². The van der Waals surface area contributed by atoms with Crippen LogP contribution in [0.25, 0.3) is 0 Å². The molecule has 0 unspecified atom stereocenters. The van der Waals surface area contributed by atoms with E-state index in [2.05, 4.69) is 26.0 Å². The normalized spacial score (nSPS) is 10.4. The lowest BCUT2D eigenvalue weighted by molar-refractivity contribution is 0.0992. The van der Waals surface area contributed by atoms with Gasteiger partial charge in [-0.15, -0.1) is 0 Å². The van der Waals surface area contributed by atoms with Crippen molar-refractivity contribution in [1.82, 2.24) is 0 Å². The summed E-state index contributed by atoms with van der Waals surface area (Å²) in [5.41, 5.74) is 4.18. The molecule has 2 aromatic carbocycles. The van der Waals surface area contributed by atoms with Crippen molar-refractivity contribution < 1.29 is 9.53 Å². The zero-order valence-electron chi connectivity index (χ0n) is 13.0. The van der Waals surface area contributed by atoms with Gasteiger partial charge in [-0.25, -0.2) is 0 Å². The van der Waals surface area contributed by atoms with Crippen LogP contribution in [0.5, 0.6) is 5.75 Å². The highest BCUT2D eigenvalue weighted by atomic mass is 16.5. The summed E-state index contributed by atoms with van der Waals surface area (Å²) < 4.78 is 5.21. The van der Waals surface area contributed by atoms with Crippen molar-refractivity contribution in [3.8, 4) is 5.75 Å². The van der Waals surface area contributed by atoms with Gasteiger partial charge < -0.3 is 4.74 Å². The molecule has 2 rings (SSSR count). The van der Waals surface area contributed by atoms with Gasteiger partial charge in [-0.3, -0.25) is 4.79 Å². The number of ether oxygens (including phenoxy) is 1. The smallest absolute Gasteiger partial charge is 0.167 e. The maximum atomic E-state index is 12.6. The van der Waals surface area contributed by atoms with E-state index in [0.717, 1.165) is 35.3 Å². The van der Waals surface area contributed by atoms with Crippen LogP contribution in [0.2, 0.25) is 0 Å². The van der Waals surface area contributed by atoms with Gasteiger partial charge in [0.15, 0.2) is 5.78 Å². The summed E-state index contributed by atoms with van der Waals surface area (Å²) in [6.45, 7) is 4.19. The minimum Gasteiger partial charge on any atom is -0.497 e. The molecule has 0 atom stereocenters. The Kier molecular flexibility index (Phi) is 5.15. The van der Waals surface area contributed by atoms with Crippen molar-refractivity contribution in [3.63, 3.8) is 0 Å². The standard InChI is InChI=1S/C19H22O2/c1-4-14-9-10-16(5-2)18(12-14)19(20)13-15-7-6-8-17(11-15)21-3/h6-12H,4-5,13H2,1-3H3. The molecule has 0 aliphatic rings. The van der Waals surface area contributed by atoms with Gasteiger partial charge in [-0.05, 0) is 47.7 Å². The summed E-state index contributed by atoms with van der Waals surface area (Å²) in [4.78, 5) is 12.6. The lowest BCUT2D eigenvalue weighted by Gasteiger charge is -2.10. The molecule has 0 N–H and O–H groups in total. The number of carbonyl (C=O) groups excluding carboxylic acids is 1. The Bertz CT molecular complexity index is 629. The first-order chi connectivity index (χ1) is 10.2. The lowest BCUT2D eigenvalue weighted by Crippen LogP contribution is -2.08. The van der Waals surface area contributed by atoms with Gasteiger partial charge in [-0.2, -0.15) is 0 Å². The molecule has 110 valence electrons. The Morgan fingerprint density at radius 1 is 1.00 bits per heavy atom. The summed E-state index contributed by atoms with van der Waals surface area (Å²) in [7, 11) is 1.64. The molecule has 0 radical (unpaired) electrons. The number of ketones is 1. The molecular formula is C19H22O2. The van der Waals surface area contributed by atoms with E-state index in [4.69, 9.17) is 4.74 Å². The molecule has 0 saturated carbocycles. The van der Waals surface area contributed by atoms with Crippen molar-refractivity contribution in [2.45, 2.75) is 33.1 Å². The first kappa shape index (κ1) is 15.3. The van der Waals surface area contributed by atoms with Crippen LogP contribution >= 0.6 is 0 Å². The Balaban J connectivity index is 2.26. The zero-order chi connectivity index (χ0) is 15.2. The fourth-order valence-electron chi connectivity index (χ4n) is 2.47. The van der Waals surface area contributed by atoms with E-state index in [1.807, 2.05) is 30.3 Å².